The zero-order valence-corrected chi connectivity index (χ0v) is 12.2. The van der Waals surface area contributed by atoms with E-state index >= 15 is 0 Å². The molecule has 0 radical (unpaired) electrons. The number of rotatable bonds is 5. The van der Waals surface area contributed by atoms with Gasteiger partial charge in [-0.1, -0.05) is 17.7 Å². The zero-order chi connectivity index (χ0) is 15.6. The molecule has 4 nitrogen and oxygen atoms in total. The number of carboxylic acid groups (broad SMARTS) is 1. The summed E-state index contributed by atoms with van der Waals surface area (Å²) in [5.74, 6) is -0.865. The van der Waals surface area contributed by atoms with Gasteiger partial charge in [-0.15, -0.1) is 0 Å². The largest absolute Gasteiger partial charge is 0.481 e. The number of carboxylic acids is 1. The normalized spacial score (nSPS) is 22.7. The molecule has 21 heavy (non-hydrogen) atoms. The average Bonchev–Trinajstić information content (AvgIpc) is 2.75. The molecule has 0 aromatic heterocycles. The summed E-state index contributed by atoms with van der Waals surface area (Å²) in [5.41, 5.74) is 0.0963. The first kappa shape index (κ1) is 16.0. The second-order valence-corrected chi connectivity index (χ2v) is 5.88. The average molecular weight is 320 g/mol. The van der Waals surface area contributed by atoms with Gasteiger partial charge in [-0.25, -0.2) is 0 Å². The number of likely N-dealkylation sites (tertiary alicyclic amines) is 1. The van der Waals surface area contributed by atoms with Gasteiger partial charge in [-0.05, 0) is 37.6 Å². The van der Waals surface area contributed by atoms with E-state index < -0.39 is 18.0 Å². The molecule has 1 unspecified atom stereocenters. The van der Waals surface area contributed by atoms with Crippen molar-refractivity contribution in [2.75, 3.05) is 13.1 Å². The molecule has 1 aromatic rings. The molecule has 1 saturated heterocycles. The monoisotopic (exact) mass is 319 g/mol. The summed E-state index contributed by atoms with van der Waals surface area (Å²) in [6, 6.07) is 4.62. The Morgan fingerprint density at radius 2 is 2.29 bits per heavy atom. The number of hydrogen-bond acceptors (Lipinski definition) is 3. The van der Waals surface area contributed by atoms with Gasteiger partial charge in [-0.2, -0.15) is 8.78 Å². The van der Waals surface area contributed by atoms with Crippen molar-refractivity contribution in [1.82, 2.24) is 4.90 Å². The summed E-state index contributed by atoms with van der Waals surface area (Å²) in [6.07, 6.45) is 0.586. The highest BCUT2D eigenvalue weighted by molar-refractivity contribution is 6.32. The van der Waals surface area contributed by atoms with Crippen molar-refractivity contribution in [1.29, 1.82) is 0 Å². The minimum atomic E-state index is -2.91. The van der Waals surface area contributed by atoms with Crippen LogP contribution in [0.2, 0.25) is 5.02 Å². The molecule has 1 aromatic carbocycles. The molecule has 0 amide bonds. The molecule has 0 bridgehead atoms. The Hall–Kier alpha value is -1.40. The highest BCUT2D eigenvalue weighted by Crippen LogP contribution is 2.32. The van der Waals surface area contributed by atoms with Gasteiger partial charge in [0.15, 0.2) is 0 Å². The van der Waals surface area contributed by atoms with E-state index in [9.17, 15) is 18.7 Å². The van der Waals surface area contributed by atoms with Crippen LogP contribution < -0.4 is 4.74 Å². The number of benzene rings is 1. The standard InChI is InChI=1S/C14H16ClF2NO3/c1-14(12(19)20)4-5-18(8-14)7-9-2-3-11(10(15)6-9)21-13(16)17/h2-3,6,13H,4-5,7-8H2,1H3,(H,19,20). The minimum Gasteiger partial charge on any atom is -0.481 e. The first-order valence-corrected chi connectivity index (χ1v) is 6.87. The summed E-state index contributed by atoms with van der Waals surface area (Å²) in [4.78, 5) is 13.2. The van der Waals surface area contributed by atoms with E-state index in [1.807, 2.05) is 4.90 Å². The Morgan fingerprint density at radius 1 is 1.57 bits per heavy atom. The summed E-state index contributed by atoms with van der Waals surface area (Å²) in [6.45, 7) is 0.466. The van der Waals surface area contributed by atoms with E-state index in [0.29, 0.717) is 26.1 Å². The third-order valence-corrected chi connectivity index (χ3v) is 3.98. The van der Waals surface area contributed by atoms with Gasteiger partial charge in [-0.3, -0.25) is 9.69 Å². The maximum Gasteiger partial charge on any atom is 0.387 e. The molecule has 1 atom stereocenters. The van der Waals surface area contributed by atoms with Crippen molar-refractivity contribution in [3.05, 3.63) is 28.8 Å². The minimum absolute atomic E-state index is 0.0628. The lowest BCUT2D eigenvalue weighted by Crippen LogP contribution is -2.31. The van der Waals surface area contributed by atoms with Gasteiger partial charge in [0.05, 0.1) is 10.4 Å². The third kappa shape index (κ3) is 3.83. The van der Waals surface area contributed by atoms with Gasteiger partial charge in [0, 0.05) is 13.1 Å². The summed E-state index contributed by atoms with van der Waals surface area (Å²) in [7, 11) is 0. The summed E-state index contributed by atoms with van der Waals surface area (Å²) < 4.78 is 28.6. The molecule has 116 valence electrons. The highest BCUT2D eigenvalue weighted by Gasteiger charge is 2.40. The Bertz CT molecular complexity index is 541. The van der Waals surface area contributed by atoms with Crippen LogP contribution in [0.5, 0.6) is 5.75 Å². The first-order chi connectivity index (χ1) is 9.80. The van der Waals surface area contributed by atoms with Crippen LogP contribution >= 0.6 is 11.6 Å². The van der Waals surface area contributed by atoms with Crippen LogP contribution in [0.15, 0.2) is 18.2 Å². The highest BCUT2D eigenvalue weighted by atomic mass is 35.5. The number of alkyl halides is 2. The Kier molecular flexibility index (Phi) is 4.68. The van der Waals surface area contributed by atoms with E-state index in [0.717, 1.165) is 5.56 Å². The van der Waals surface area contributed by atoms with E-state index in [1.165, 1.54) is 6.07 Å². The molecule has 1 aliphatic heterocycles. The van der Waals surface area contributed by atoms with Crippen LogP contribution in [0.4, 0.5) is 8.78 Å². The molecule has 0 aliphatic carbocycles. The molecule has 1 heterocycles. The molecular weight excluding hydrogens is 304 g/mol. The molecule has 2 rings (SSSR count). The Balaban J connectivity index is 2.01. The number of hydrogen-bond donors (Lipinski definition) is 1. The second-order valence-electron chi connectivity index (χ2n) is 5.47. The Labute approximate surface area is 126 Å². The van der Waals surface area contributed by atoms with Crippen molar-refractivity contribution in [3.63, 3.8) is 0 Å². The molecule has 0 saturated carbocycles. The molecule has 1 fully saturated rings. The van der Waals surface area contributed by atoms with Crippen molar-refractivity contribution in [2.24, 2.45) is 5.41 Å². The van der Waals surface area contributed by atoms with E-state index in [4.69, 9.17) is 11.6 Å². The Morgan fingerprint density at radius 3 is 2.81 bits per heavy atom. The first-order valence-electron chi connectivity index (χ1n) is 6.49. The summed E-state index contributed by atoms with van der Waals surface area (Å²) in [5, 5.41) is 9.30. The predicted molar refractivity (Wildman–Crippen MR) is 73.7 cm³/mol. The van der Waals surface area contributed by atoms with Crippen LogP contribution in [-0.4, -0.2) is 35.7 Å². The molecule has 1 N–H and O–H groups in total. The van der Waals surface area contributed by atoms with Crippen LogP contribution in [0.25, 0.3) is 0 Å². The number of carbonyl (C=O) groups is 1. The quantitative estimate of drug-likeness (QED) is 0.905. The molecular formula is C14H16ClF2NO3. The number of nitrogens with zero attached hydrogens (tertiary/aromatic N) is 1. The van der Waals surface area contributed by atoms with E-state index in [1.54, 1.807) is 19.1 Å². The molecule has 1 aliphatic rings. The van der Waals surface area contributed by atoms with Gasteiger partial charge < -0.3 is 9.84 Å². The van der Waals surface area contributed by atoms with Gasteiger partial charge in [0.25, 0.3) is 0 Å². The van der Waals surface area contributed by atoms with Crippen molar-refractivity contribution in [2.45, 2.75) is 26.5 Å². The van der Waals surface area contributed by atoms with Crippen molar-refractivity contribution >= 4 is 17.6 Å². The maximum atomic E-state index is 12.1. The SMILES string of the molecule is CC1(C(=O)O)CCN(Cc2ccc(OC(F)F)c(Cl)c2)C1. The topological polar surface area (TPSA) is 49.8 Å². The second kappa shape index (κ2) is 6.15. The van der Waals surface area contributed by atoms with Crippen LogP contribution in [0.1, 0.15) is 18.9 Å². The number of ether oxygens (including phenoxy) is 1. The molecule has 0 spiro atoms. The number of aliphatic carboxylic acids is 1. The lowest BCUT2D eigenvalue weighted by molar-refractivity contribution is -0.147. The van der Waals surface area contributed by atoms with Crippen LogP contribution in [-0.2, 0) is 11.3 Å². The van der Waals surface area contributed by atoms with Crippen LogP contribution in [0, 0.1) is 5.41 Å². The summed E-state index contributed by atoms with van der Waals surface area (Å²) >= 11 is 5.89. The van der Waals surface area contributed by atoms with E-state index in [2.05, 4.69) is 4.74 Å². The van der Waals surface area contributed by atoms with Gasteiger partial charge in [0.2, 0.25) is 0 Å². The smallest absolute Gasteiger partial charge is 0.387 e. The number of halogens is 3. The zero-order valence-electron chi connectivity index (χ0n) is 11.5. The fourth-order valence-corrected chi connectivity index (χ4v) is 2.71. The van der Waals surface area contributed by atoms with Crippen molar-refractivity contribution < 1.29 is 23.4 Å². The fourth-order valence-electron chi connectivity index (χ4n) is 2.46. The lowest BCUT2D eigenvalue weighted by atomic mass is 9.90. The maximum absolute atomic E-state index is 12.1. The van der Waals surface area contributed by atoms with Gasteiger partial charge in [0.1, 0.15) is 5.75 Å². The fraction of sp³-hybridized carbons (Fsp3) is 0.500. The van der Waals surface area contributed by atoms with Crippen LogP contribution in [0.3, 0.4) is 0 Å². The molecule has 7 heteroatoms. The predicted octanol–water partition coefficient (Wildman–Crippen LogP) is 3.24. The van der Waals surface area contributed by atoms with E-state index in [-0.39, 0.29) is 10.8 Å². The van der Waals surface area contributed by atoms with Gasteiger partial charge >= 0.3 is 12.6 Å². The third-order valence-electron chi connectivity index (χ3n) is 3.69. The van der Waals surface area contributed by atoms with Crippen molar-refractivity contribution in [3.8, 4) is 5.75 Å². The lowest BCUT2D eigenvalue weighted by Gasteiger charge is -2.20.